The number of rotatable bonds is 1. The highest BCUT2D eigenvalue weighted by atomic mass is 19.4. The van der Waals surface area contributed by atoms with E-state index in [2.05, 4.69) is 4.98 Å². The lowest BCUT2D eigenvalue weighted by molar-refractivity contribution is -0.179. The van der Waals surface area contributed by atoms with Crippen LogP contribution >= 0.6 is 0 Å². The summed E-state index contributed by atoms with van der Waals surface area (Å²) in [4.78, 5) is 4.64. The largest absolute Gasteiger partial charge is 0.433 e. The predicted octanol–water partition coefficient (Wildman–Crippen LogP) is 3.46. The molecule has 0 aliphatic carbocycles. The number of nitrogens with zero attached hydrogens (tertiary/aromatic N) is 2. The van der Waals surface area contributed by atoms with Gasteiger partial charge in [0.05, 0.1) is 23.5 Å². The molecular weight excluding hydrogens is 300 g/mol. The Kier molecular flexibility index (Phi) is 3.94. The quantitative estimate of drug-likeness (QED) is 0.807. The first-order valence-corrected chi connectivity index (χ1v) is 6.23. The van der Waals surface area contributed by atoms with Crippen molar-refractivity contribution in [3.8, 4) is 0 Å². The van der Waals surface area contributed by atoms with Crippen molar-refractivity contribution >= 4 is 11.4 Å². The van der Waals surface area contributed by atoms with Crippen molar-refractivity contribution in [2.24, 2.45) is 5.92 Å². The van der Waals surface area contributed by atoms with Crippen LogP contribution in [0, 0.1) is 5.92 Å². The van der Waals surface area contributed by atoms with E-state index in [9.17, 15) is 26.3 Å². The van der Waals surface area contributed by atoms with E-state index in [0.717, 1.165) is 12.3 Å². The third kappa shape index (κ3) is 3.51. The minimum Gasteiger partial charge on any atom is -0.396 e. The van der Waals surface area contributed by atoms with Crippen molar-refractivity contribution in [2.45, 2.75) is 25.2 Å². The molecule has 2 rings (SSSR count). The summed E-state index contributed by atoms with van der Waals surface area (Å²) in [6, 6.07) is 0.781. The Morgan fingerprint density at radius 2 is 1.67 bits per heavy atom. The van der Waals surface area contributed by atoms with Crippen molar-refractivity contribution in [1.82, 2.24) is 4.98 Å². The minimum atomic E-state index is -4.62. The molecular formula is C12H13F6N3. The molecule has 9 heteroatoms. The molecule has 1 saturated heterocycles. The lowest BCUT2D eigenvalue weighted by atomic mass is 9.96. The van der Waals surface area contributed by atoms with Gasteiger partial charge in [0.2, 0.25) is 0 Å². The maximum Gasteiger partial charge on any atom is 0.433 e. The van der Waals surface area contributed by atoms with Gasteiger partial charge in [-0.2, -0.15) is 26.3 Å². The Morgan fingerprint density at radius 3 is 2.14 bits per heavy atom. The molecule has 0 spiro atoms. The Morgan fingerprint density at radius 1 is 1.10 bits per heavy atom. The van der Waals surface area contributed by atoms with E-state index < -0.39 is 24.0 Å². The molecule has 1 aliphatic rings. The minimum absolute atomic E-state index is 0.00961. The lowest BCUT2D eigenvalue weighted by Gasteiger charge is -2.35. The number of halogens is 6. The zero-order chi connectivity index (χ0) is 15.8. The summed E-state index contributed by atoms with van der Waals surface area (Å²) >= 11 is 0. The first-order valence-electron chi connectivity index (χ1n) is 6.23. The Bertz CT molecular complexity index is 503. The van der Waals surface area contributed by atoms with E-state index in [1.54, 1.807) is 0 Å². The summed E-state index contributed by atoms with van der Waals surface area (Å²) in [6.45, 7) is 0.0192. The van der Waals surface area contributed by atoms with Crippen LogP contribution in [-0.4, -0.2) is 24.2 Å². The molecule has 0 saturated carbocycles. The molecule has 2 heterocycles. The number of pyridine rings is 1. The smallest absolute Gasteiger partial charge is 0.396 e. The summed E-state index contributed by atoms with van der Waals surface area (Å²) in [5.41, 5.74) is 4.59. The van der Waals surface area contributed by atoms with Crippen molar-refractivity contribution in [3.05, 3.63) is 18.0 Å². The standard InChI is InChI=1S/C12H13F6N3/c13-11(14,15)7-1-3-21(4-2-7)9-5-10(12(16,17)18)20-6-8(9)19/h5-7H,1-4,19H2. The lowest BCUT2D eigenvalue weighted by Crippen LogP contribution is -2.39. The van der Waals surface area contributed by atoms with Gasteiger partial charge in [0.1, 0.15) is 5.69 Å². The number of hydrogen-bond acceptors (Lipinski definition) is 3. The van der Waals surface area contributed by atoms with Crippen LogP contribution in [0.4, 0.5) is 37.7 Å². The summed E-state index contributed by atoms with van der Waals surface area (Å²) < 4.78 is 75.5. The summed E-state index contributed by atoms with van der Waals surface area (Å²) in [7, 11) is 0. The molecule has 3 nitrogen and oxygen atoms in total. The molecule has 0 amide bonds. The number of nitrogen functional groups attached to an aromatic ring is 1. The molecule has 0 bridgehead atoms. The molecule has 1 aliphatic heterocycles. The first-order chi connectivity index (χ1) is 9.59. The van der Waals surface area contributed by atoms with Gasteiger partial charge < -0.3 is 10.6 Å². The van der Waals surface area contributed by atoms with Crippen LogP contribution in [-0.2, 0) is 6.18 Å². The second kappa shape index (κ2) is 5.27. The van der Waals surface area contributed by atoms with Gasteiger partial charge in [-0.1, -0.05) is 0 Å². The highest BCUT2D eigenvalue weighted by Gasteiger charge is 2.41. The van der Waals surface area contributed by atoms with Crippen LogP contribution < -0.4 is 10.6 Å². The zero-order valence-corrected chi connectivity index (χ0v) is 10.8. The van der Waals surface area contributed by atoms with Crippen molar-refractivity contribution < 1.29 is 26.3 Å². The summed E-state index contributed by atoms with van der Waals surface area (Å²) in [6.07, 6.45) is -8.33. The number of aromatic nitrogens is 1. The van der Waals surface area contributed by atoms with Gasteiger partial charge in [0, 0.05) is 13.1 Å². The predicted molar refractivity (Wildman–Crippen MR) is 64.6 cm³/mol. The van der Waals surface area contributed by atoms with E-state index in [-0.39, 0.29) is 37.3 Å². The maximum absolute atomic E-state index is 12.6. The van der Waals surface area contributed by atoms with E-state index in [4.69, 9.17) is 5.73 Å². The van der Waals surface area contributed by atoms with Gasteiger partial charge in [0.15, 0.2) is 0 Å². The van der Waals surface area contributed by atoms with Gasteiger partial charge in [0.25, 0.3) is 0 Å². The topological polar surface area (TPSA) is 42.1 Å². The molecule has 0 unspecified atom stereocenters. The third-order valence-electron chi connectivity index (χ3n) is 3.50. The van der Waals surface area contributed by atoms with Crippen LogP contribution in [0.1, 0.15) is 18.5 Å². The average molecular weight is 313 g/mol. The van der Waals surface area contributed by atoms with Crippen LogP contribution in [0.5, 0.6) is 0 Å². The number of piperidine rings is 1. The molecule has 0 aromatic carbocycles. The fourth-order valence-corrected chi connectivity index (χ4v) is 2.33. The van der Waals surface area contributed by atoms with Crippen LogP contribution in [0.2, 0.25) is 0 Å². The Hall–Kier alpha value is -1.67. The van der Waals surface area contributed by atoms with Gasteiger partial charge in [-0.15, -0.1) is 0 Å². The molecule has 21 heavy (non-hydrogen) atoms. The SMILES string of the molecule is Nc1cnc(C(F)(F)F)cc1N1CCC(C(F)(F)F)CC1. The normalized spacial score (nSPS) is 18.1. The number of hydrogen-bond donors (Lipinski definition) is 1. The molecule has 1 aromatic rings. The van der Waals surface area contributed by atoms with Gasteiger partial charge in [-0.3, -0.25) is 0 Å². The van der Waals surface area contributed by atoms with Crippen molar-refractivity contribution in [1.29, 1.82) is 0 Å². The molecule has 1 aromatic heterocycles. The fourth-order valence-electron chi connectivity index (χ4n) is 2.33. The van der Waals surface area contributed by atoms with Crippen LogP contribution in [0.15, 0.2) is 12.3 Å². The van der Waals surface area contributed by atoms with Gasteiger partial charge >= 0.3 is 12.4 Å². The molecule has 118 valence electrons. The summed E-state index contributed by atoms with van der Waals surface area (Å²) in [5, 5.41) is 0. The Balaban J connectivity index is 2.17. The van der Waals surface area contributed by atoms with Crippen molar-refractivity contribution in [3.63, 3.8) is 0 Å². The Labute approximate surface area is 116 Å². The third-order valence-corrected chi connectivity index (χ3v) is 3.50. The maximum atomic E-state index is 12.6. The van der Waals surface area contributed by atoms with E-state index in [1.807, 2.05) is 0 Å². The molecule has 1 fully saturated rings. The summed E-state index contributed by atoms with van der Waals surface area (Å²) in [5.74, 6) is -1.42. The molecule has 0 atom stereocenters. The zero-order valence-electron chi connectivity index (χ0n) is 10.8. The van der Waals surface area contributed by atoms with Crippen LogP contribution in [0.25, 0.3) is 0 Å². The monoisotopic (exact) mass is 313 g/mol. The second-order valence-electron chi connectivity index (χ2n) is 4.93. The molecule has 0 radical (unpaired) electrons. The highest BCUT2D eigenvalue weighted by molar-refractivity contribution is 5.67. The van der Waals surface area contributed by atoms with E-state index in [0.29, 0.717) is 0 Å². The van der Waals surface area contributed by atoms with Crippen LogP contribution in [0.3, 0.4) is 0 Å². The van der Waals surface area contributed by atoms with Crippen molar-refractivity contribution in [2.75, 3.05) is 23.7 Å². The number of nitrogens with two attached hydrogens (primary N) is 1. The van der Waals surface area contributed by atoms with Gasteiger partial charge in [-0.25, -0.2) is 4.98 Å². The average Bonchev–Trinajstić information content (AvgIpc) is 2.37. The molecule has 2 N–H and O–H groups in total. The number of anilines is 2. The first kappa shape index (κ1) is 15.7. The highest BCUT2D eigenvalue weighted by Crippen LogP contribution is 2.38. The van der Waals surface area contributed by atoms with E-state index in [1.165, 1.54) is 4.90 Å². The second-order valence-corrected chi connectivity index (χ2v) is 4.93. The fraction of sp³-hybridized carbons (Fsp3) is 0.583. The number of alkyl halides is 6. The van der Waals surface area contributed by atoms with Gasteiger partial charge in [-0.05, 0) is 18.9 Å². The van der Waals surface area contributed by atoms with E-state index >= 15 is 0 Å².